The van der Waals surface area contributed by atoms with Crippen molar-refractivity contribution < 1.29 is 9.59 Å². The summed E-state index contributed by atoms with van der Waals surface area (Å²) in [5, 5.41) is 6.72. The number of benzene rings is 1. The van der Waals surface area contributed by atoms with Gasteiger partial charge in [-0.05, 0) is 38.0 Å². The Morgan fingerprint density at radius 2 is 2.09 bits per heavy atom. The number of fused-ring (bicyclic) bond motifs is 2. The zero-order valence-electron chi connectivity index (χ0n) is 19.1. The van der Waals surface area contributed by atoms with Crippen molar-refractivity contribution in [2.24, 2.45) is 0 Å². The maximum absolute atomic E-state index is 12.8. The second kappa shape index (κ2) is 9.09. The highest BCUT2D eigenvalue weighted by Crippen LogP contribution is 2.34. The number of ketones is 1. The third-order valence-electron chi connectivity index (χ3n) is 6.34. The lowest BCUT2D eigenvalue weighted by Crippen LogP contribution is -2.41. The number of nitrogen functional groups attached to an aromatic ring is 1. The minimum absolute atomic E-state index is 0.0102. The molecule has 5 rings (SSSR count). The number of piperidine rings is 1. The lowest BCUT2D eigenvalue weighted by Gasteiger charge is -2.33. The van der Waals surface area contributed by atoms with Crippen molar-refractivity contribution in [3.05, 3.63) is 48.8 Å². The van der Waals surface area contributed by atoms with Crippen LogP contribution >= 0.6 is 0 Å². The van der Waals surface area contributed by atoms with E-state index in [1.165, 1.54) is 12.4 Å². The number of carbonyl (C=O) groups excluding carboxylic acids is 2. The summed E-state index contributed by atoms with van der Waals surface area (Å²) in [7, 11) is 0. The third-order valence-corrected chi connectivity index (χ3v) is 6.34. The molecule has 174 valence electrons. The molecule has 1 saturated heterocycles. The van der Waals surface area contributed by atoms with E-state index in [2.05, 4.69) is 15.0 Å². The van der Waals surface area contributed by atoms with Crippen molar-refractivity contribution in [1.29, 1.82) is 0 Å². The molecule has 9 heteroatoms. The number of para-hydroxylation sites is 1. The van der Waals surface area contributed by atoms with Crippen molar-refractivity contribution in [2.45, 2.75) is 38.6 Å². The first-order valence-electron chi connectivity index (χ1n) is 11.5. The number of rotatable bonds is 6. The Morgan fingerprint density at radius 1 is 1.24 bits per heavy atom. The van der Waals surface area contributed by atoms with Gasteiger partial charge in [0.15, 0.2) is 11.4 Å². The highest BCUT2D eigenvalue weighted by molar-refractivity contribution is 6.00. The first-order valence-corrected chi connectivity index (χ1v) is 11.5. The van der Waals surface area contributed by atoms with E-state index in [9.17, 15) is 9.59 Å². The van der Waals surface area contributed by atoms with Gasteiger partial charge in [-0.3, -0.25) is 9.59 Å². The number of carbonyl (C=O) groups is 2. The number of nitrogens with two attached hydrogens (primary N) is 1. The second-order valence-electron chi connectivity index (χ2n) is 8.62. The molecule has 9 nitrogen and oxygen atoms in total. The van der Waals surface area contributed by atoms with Crippen LogP contribution in [0.25, 0.3) is 33.3 Å². The summed E-state index contributed by atoms with van der Waals surface area (Å²) >= 11 is 0. The number of aromatic nitrogens is 5. The number of likely N-dealkylation sites (tertiary alicyclic amines) is 1. The van der Waals surface area contributed by atoms with Gasteiger partial charge in [-0.2, -0.15) is 5.10 Å². The van der Waals surface area contributed by atoms with Gasteiger partial charge in [-0.25, -0.2) is 14.6 Å². The van der Waals surface area contributed by atoms with E-state index in [1.807, 2.05) is 39.9 Å². The monoisotopic (exact) mass is 457 g/mol. The first kappa shape index (κ1) is 21.8. The summed E-state index contributed by atoms with van der Waals surface area (Å²) < 4.78 is 1.89. The van der Waals surface area contributed by atoms with Gasteiger partial charge in [0.2, 0.25) is 5.91 Å². The molecule has 4 aromatic rings. The largest absolute Gasteiger partial charge is 0.383 e. The van der Waals surface area contributed by atoms with Crippen LogP contribution in [0.4, 0.5) is 5.82 Å². The molecule has 1 aliphatic rings. The lowest BCUT2D eigenvalue weighted by molar-refractivity contribution is -0.134. The van der Waals surface area contributed by atoms with Crippen LogP contribution in [0.5, 0.6) is 0 Å². The Morgan fingerprint density at radius 3 is 2.91 bits per heavy atom. The van der Waals surface area contributed by atoms with Crippen molar-refractivity contribution in [2.75, 3.05) is 18.8 Å². The van der Waals surface area contributed by atoms with E-state index in [1.54, 1.807) is 13.0 Å². The second-order valence-corrected chi connectivity index (χ2v) is 8.62. The van der Waals surface area contributed by atoms with Crippen LogP contribution < -0.4 is 5.73 Å². The maximum Gasteiger partial charge on any atom is 0.223 e. The van der Waals surface area contributed by atoms with E-state index in [0.717, 1.165) is 29.4 Å². The Bertz CT molecular complexity index is 1370. The zero-order valence-corrected chi connectivity index (χ0v) is 19.1. The van der Waals surface area contributed by atoms with Gasteiger partial charge >= 0.3 is 0 Å². The number of nitrogens with zero attached hydrogens (tertiary/aromatic N) is 5. The predicted octanol–water partition coefficient (Wildman–Crippen LogP) is 3.65. The van der Waals surface area contributed by atoms with E-state index in [0.29, 0.717) is 35.6 Å². The highest BCUT2D eigenvalue weighted by Gasteiger charge is 2.29. The Hall–Kier alpha value is -4.01. The van der Waals surface area contributed by atoms with E-state index in [4.69, 9.17) is 10.8 Å². The lowest BCUT2D eigenvalue weighted by atomic mass is 10.0. The molecule has 3 N–H and O–H groups in total. The summed E-state index contributed by atoms with van der Waals surface area (Å²) in [5.74, 6) is 0.331. The predicted molar refractivity (Wildman–Crippen MR) is 131 cm³/mol. The molecule has 1 aromatic carbocycles. The van der Waals surface area contributed by atoms with E-state index in [-0.39, 0.29) is 30.6 Å². The van der Waals surface area contributed by atoms with Gasteiger partial charge in [0.05, 0.1) is 17.1 Å². The van der Waals surface area contributed by atoms with Crippen LogP contribution in [0.2, 0.25) is 0 Å². The molecular formula is C25H27N7O2. The van der Waals surface area contributed by atoms with Gasteiger partial charge in [-0.15, -0.1) is 0 Å². The summed E-state index contributed by atoms with van der Waals surface area (Å²) in [5.41, 5.74) is 9.49. The van der Waals surface area contributed by atoms with Gasteiger partial charge in [0.25, 0.3) is 0 Å². The molecule has 1 atom stereocenters. The maximum atomic E-state index is 12.8. The third kappa shape index (κ3) is 4.05. The molecule has 0 bridgehead atoms. The Labute approximate surface area is 196 Å². The highest BCUT2D eigenvalue weighted by atomic mass is 16.2. The SMILES string of the molecule is CC=CC(=O)CCC(=O)N1CCC[C@@H](n2nc(-c3cc4ccccc4[nH]3)c3c(N)ncnc32)C1. The smallest absolute Gasteiger partial charge is 0.223 e. The molecule has 1 amide bonds. The molecule has 0 spiro atoms. The molecule has 0 radical (unpaired) electrons. The fourth-order valence-electron chi connectivity index (χ4n) is 4.68. The molecule has 34 heavy (non-hydrogen) atoms. The molecule has 1 fully saturated rings. The number of hydrogen-bond donors (Lipinski definition) is 2. The fourth-order valence-corrected chi connectivity index (χ4v) is 4.68. The van der Waals surface area contributed by atoms with E-state index >= 15 is 0 Å². The topological polar surface area (TPSA) is 123 Å². The number of aromatic amines is 1. The fraction of sp³-hybridized carbons (Fsp3) is 0.320. The summed E-state index contributed by atoms with van der Waals surface area (Å²) in [6, 6.07) is 10.0. The van der Waals surface area contributed by atoms with Crippen LogP contribution in [0, 0.1) is 0 Å². The number of anilines is 1. The van der Waals surface area contributed by atoms with E-state index < -0.39 is 0 Å². The number of H-pyrrole nitrogens is 1. The minimum Gasteiger partial charge on any atom is -0.383 e. The van der Waals surface area contributed by atoms with Crippen molar-refractivity contribution in [3.63, 3.8) is 0 Å². The van der Waals surface area contributed by atoms with Gasteiger partial charge in [0, 0.05) is 36.8 Å². The number of nitrogens with one attached hydrogen (secondary N) is 1. The zero-order chi connectivity index (χ0) is 23.7. The van der Waals surface area contributed by atoms with Gasteiger partial charge in [0.1, 0.15) is 17.8 Å². The minimum atomic E-state index is -0.0427. The molecule has 0 aliphatic carbocycles. The molecule has 0 unspecified atom stereocenters. The normalized spacial score (nSPS) is 16.6. The molecule has 3 aromatic heterocycles. The first-order chi connectivity index (χ1) is 16.5. The number of hydrogen-bond acceptors (Lipinski definition) is 6. The standard InChI is InChI=1S/C25H27N7O2/c1-2-6-18(33)10-11-21(34)31-12-5-8-17(14-31)32-25-22(24(26)27-15-28-25)23(30-32)20-13-16-7-3-4-9-19(16)29-20/h2-4,6-7,9,13,15,17,29H,5,8,10-12,14H2,1H3,(H2,26,27,28)/t17-/m1/s1. The summed E-state index contributed by atoms with van der Waals surface area (Å²) in [6.45, 7) is 2.99. The van der Waals surface area contributed by atoms with Gasteiger partial charge < -0.3 is 15.6 Å². The molecule has 0 saturated carbocycles. The van der Waals surface area contributed by atoms with Crippen LogP contribution in [0.1, 0.15) is 38.6 Å². The van der Waals surface area contributed by atoms with Crippen LogP contribution in [-0.2, 0) is 9.59 Å². The van der Waals surface area contributed by atoms with Crippen molar-refractivity contribution in [3.8, 4) is 11.4 Å². The number of amides is 1. The average Bonchev–Trinajstić information content (AvgIpc) is 3.45. The van der Waals surface area contributed by atoms with Crippen molar-refractivity contribution in [1.82, 2.24) is 29.6 Å². The Kier molecular flexibility index (Phi) is 5.83. The Balaban J connectivity index is 1.46. The summed E-state index contributed by atoms with van der Waals surface area (Å²) in [6.07, 6.45) is 6.82. The molecule has 1 aliphatic heterocycles. The molecule has 4 heterocycles. The van der Waals surface area contributed by atoms with Crippen LogP contribution in [0.15, 0.2) is 48.8 Å². The average molecular weight is 458 g/mol. The van der Waals surface area contributed by atoms with Crippen LogP contribution in [0.3, 0.4) is 0 Å². The van der Waals surface area contributed by atoms with Crippen molar-refractivity contribution >= 4 is 39.4 Å². The molecular weight excluding hydrogens is 430 g/mol. The number of allylic oxidation sites excluding steroid dienone is 2. The van der Waals surface area contributed by atoms with Gasteiger partial charge in [-0.1, -0.05) is 24.3 Å². The quantitative estimate of drug-likeness (QED) is 0.426. The summed E-state index contributed by atoms with van der Waals surface area (Å²) in [4.78, 5) is 38.6. The van der Waals surface area contributed by atoms with Crippen LogP contribution in [-0.4, -0.2) is 54.4 Å².